The Balaban J connectivity index is 2.20. The first kappa shape index (κ1) is 22.2. The topological polar surface area (TPSA) is 26.3 Å². The van der Waals surface area contributed by atoms with Crippen molar-refractivity contribution in [1.29, 1.82) is 0 Å². The summed E-state index contributed by atoms with van der Waals surface area (Å²) in [5, 5.41) is 2.50. The maximum atomic E-state index is 13.3. The summed E-state index contributed by atoms with van der Waals surface area (Å²) in [6.07, 6.45) is 4.30. The van der Waals surface area contributed by atoms with Crippen molar-refractivity contribution >= 4 is 25.0 Å². The van der Waals surface area contributed by atoms with Crippen molar-refractivity contribution < 1.29 is 13.6 Å². The van der Waals surface area contributed by atoms with E-state index in [2.05, 4.69) is 69.3 Å². The normalized spacial score (nSPS) is 12.8. The van der Waals surface area contributed by atoms with E-state index in [9.17, 15) is 9.18 Å². The highest BCUT2D eigenvalue weighted by atomic mass is 28.4. The zero-order valence-corrected chi connectivity index (χ0v) is 18.2. The molecule has 4 heteroatoms. The van der Waals surface area contributed by atoms with Crippen LogP contribution in [0.15, 0.2) is 72.6 Å². The Morgan fingerprint density at radius 1 is 0.964 bits per heavy atom. The van der Waals surface area contributed by atoms with Crippen LogP contribution in [-0.2, 0) is 9.22 Å². The van der Waals surface area contributed by atoms with Crippen LogP contribution in [0.4, 0.5) is 4.39 Å². The zero-order valence-electron chi connectivity index (χ0n) is 17.2. The Hall–Kier alpha value is -2.04. The molecule has 150 valence electrons. The third-order valence-electron chi connectivity index (χ3n) is 4.98. The molecule has 0 aliphatic carbocycles. The Labute approximate surface area is 169 Å². The molecule has 0 amide bonds. The molecule has 0 N–H and O–H groups in total. The largest absolute Gasteiger partial charge is 0.407 e. The predicted octanol–water partition coefficient (Wildman–Crippen LogP) is 5.18. The van der Waals surface area contributed by atoms with Gasteiger partial charge in [-0.2, -0.15) is 0 Å². The summed E-state index contributed by atoms with van der Waals surface area (Å²) < 4.78 is 20.1. The van der Waals surface area contributed by atoms with Crippen LogP contribution in [0.3, 0.4) is 0 Å². The number of hydrogen-bond donors (Lipinski definition) is 0. The van der Waals surface area contributed by atoms with E-state index in [1.807, 2.05) is 12.1 Å². The van der Waals surface area contributed by atoms with E-state index in [1.54, 1.807) is 0 Å². The van der Waals surface area contributed by atoms with E-state index in [4.69, 9.17) is 4.43 Å². The third kappa shape index (κ3) is 5.49. The van der Waals surface area contributed by atoms with Gasteiger partial charge in [-0.1, -0.05) is 87.5 Å². The van der Waals surface area contributed by atoms with Crippen LogP contribution in [0.2, 0.25) is 5.04 Å². The minimum atomic E-state index is -2.48. The van der Waals surface area contributed by atoms with Crippen molar-refractivity contribution in [2.24, 2.45) is 0 Å². The molecule has 0 aliphatic rings. The van der Waals surface area contributed by atoms with Crippen LogP contribution in [0.25, 0.3) is 0 Å². The number of rotatable bonds is 10. The van der Waals surface area contributed by atoms with Crippen LogP contribution < -0.4 is 10.4 Å². The van der Waals surface area contributed by atoms with Crippen molar-refractivity contribution in [1.82, 2.24) is 0 Å². The second kappa shape index (κ2) is 10.5. The van der Waals surface area contributed by atoms with Gasteiger partial charge in [-0.05, 0) is 34.7 Å². The van der Waals surface area contributed by atoms with Gasteiger partial charge < -0.3 is 9.22 Å². The molecule has 28 heavy (non-hydrogen) atoms. The van der Waals surface area contributed by atoms with Gasteiger partial charge in [-0.3, -0.25) is 0 Å². The van der Waals surface area contributed by atoms with Crippen LogP contribution >= 0.6 is 0 Å². The highest BCUT2D eigenvalue weighted by Gasteiger charge is 2.49. The number of allylic oxidation sites excluding steroid dienone is 2. The van der Waals surface area contributed by atoms with Gasteiger partial charge in [0.2, 0.25) is 0 Å². The molecule has 0 radical (unpaired) electrons. The lowest BCUT2D eigenvalue weighted by molar-refractivity contribution is -0.107. The quantitative estimate of drug-likeness (QED) is 0.313. The van der Waals surface area contributed by atoms with Gasteiger partial charge in [0, 0.05) is 6.61 Å². The maximum absolute atomic E-state index is 13.3. The molecular formula is C24H31FO2Si. The molecule has 2 aromatic rings. The SMILES string of the molecule is CC(C)(C)[Si](OCCCC/C=C(\F)CC=O)(c1ccccc1)c1ccccc1. The first-order valence-electron chi connectivity index (χ1n) is 9.95. The summed E-state index contributed by atoms with van der Waals surface area (Å²) in [5.41, 5.74) is 0. The van der Waals surface area contributed by atoms with Crippen molar-refractivity contribution in [3.63, 3.8) is 0 Å². The van der Waals surface area contributed by atoms with E-state index < -0.39 is 8.32 Å². The summed E-state index contributed by atoms with van der Waals surface area (Å²) in [7, 11) is -2.48. The summed E-state index contributed by atoms with van der Waals surface area (Å²) in [4.78, 5) is 10.3. The second-order valence-electron chi connectivity index (χ2n) is 8.03. The lowest BCUT2D eigenvalue weighted by Crippen LogP contribution is -2.66. The average molecular weight is 399 g/mol. The van der Waals surface area contributed by atoms with E-state index in [1.165, 1.54) is 16.4 Å². The van der Waals surface area contributed by atoms with Crippen LogP contribution in [0, 0.1) is 0 Å². The van der Waals surface area contributed by atoms with Gasteiger partial charge >= 0.3 is 0 Å². The molecule has 0 bridgehead atoms. The molecule has 0 spiro atoms. The fourth-order valence-corrected chi connectivity index (χ4v) is 8.26. The number of hydrogen-bond acceptors (Lipinski definition) is 2. The molecule has 0 saturated heterocycles. The number of aldehydes is 1. The molecule has 2 nitrogen and oxygen atoms in total. The lowest BCUT2D eigenvalue weighted by atomic mass is 10.2. The summed E-state index contributed by atoms with van der Waals surface area (Å²) in [6, 6.07) is 21.1. The van der Waals surface area contributed by atoms with Crippen molar-refractivity contribution in [3.05, 3.63) is 72.6 Å². The van der Waals surface area contributed by atoms with E-state index in [-0.39, 0.29) is 17.3 Å². The number of halogens is 1. The molecule has 2 rings (SSSR count). The van der Waals surface area contributed by atoms with E-state index in [0.29, 0.717) is 19.3 Å². The molecule has 0 heterocycles. The first-order chi connectivity index (χ1) is 13.4. The Bertz CT molecular complexity index is 712. The Morgan fingerprint density at radius 2 is 1.50 bits per heavy atom. The van der Waals surface area contributed by atoms with Gasteiger partial charge in [0.1, 0.15) is 12.1 Å². The van der Waals surface area contributed by atoms with Crippen LogP contribution in [0.1, 0.15) is 46.5 Å². The summed E-state index contributed by atoms with van der Waals surface area (Å²) >= 11 is 0. The van der Waals surface area contributed by atoms with Gasteiger partial charge in [-0.15, -0.1) is 0 Å². The fraction of sp³-hybridized carbons (Fsp3) is 0.375. The zero-order chi connectivity index (χ0) is 20.5. The fourth-order valence-electron chi connectivity index (χ4n) is 3.65. The van der Waals surface area contributed by atoms with E-state index in [0.717, 1.165) is 12.8 Å². The standard InChI is InChI=1S/C24H31FO2Si/c1-24(2,3)28(22-14-8-4-9-15-22,23-16-10-5-11-17-23)27-20-12-6-7-13-21(25)18-19-26/h4-5,8-11,13-17,19H,6-7,12,18,20H2,1-3H3/b21-13-. The maximum Gasteiger partial charge on any atom is 0.261 e. The molecule has 0 aliphatic heterocycles. The molecular weight excluding hydrogens is 367 g/mol. The number of carbonyl (C=O) groups excluding carboxylic acids is 1. The van der Waals surface area contributed by atoms with Crippen LogP contribution in [0.5, 0.6) is 0 Å². The van der Waals surface area contributed by atoms with Gasteiger partial charge in [-0.25, -0.2) is 4.39 Å². The third-order valence-corrected chi connectivity index (χ3v) is 10.0. The minimum absolute atomic E-state index is 0.0360. The summed E-state index contributed by atoms with van der Waals surface area (Å²) in [6.45, 7) is 7.42. The van der Waals surface area contributed by atoms with Crippen molar-refractivity contribution in [3.8, 4) is 0 Å². The molecule has 0 atom stereocenters. The Morgan fingerprint density at radius 3 is 1.96 bits per heavy atom. The molecule has 0 fully saturated rings. The smallest absolute Gasteiger partial charge is 0.261 e. The highest BCUT2D eigenvalue weighted by molar-refractivity contribution is 6.99. The average Bonchev–Trinajstić information content (AvgIpc) is 2.68. The monoisotopic (exact) mass is 398 g/mol. The summed E-state index contributed by atoms with van der Waals surface area (Å²) in [5.74, 6) is -0.345. The number of carbonyl (C=O) groups is 1. The Kier molecular flexibility index (Phi) is 8.33. The predicted molar refractivity (Wildman–Crippen MR) is 117 cm³/mol. The van der Waals surface area contributed by atoms with E-state index >= 15 is 0 Å². The lowest BCUT2D eigenvalue weighted by Gasteiger charge is -2.43. The molecule has 0 aromatic heterocycles. The number of unbranched alkanes of at least 4 members (excludes halogenated alkanes) is 2. The van der Waals surface area contributed by atoms with Gasteiger partial charge in [0.25, 0.3) is 8.32 Å². The highest BCUT2D eigenvalue weighted by Crippen LogP contribution is 2.36. The second-order valence-corrected chi connectivity index (χ2v) is 12.3. The van der Waals surface area contributed by atoms with Gasteiger partial charge in [0.05, 0.1) is 6.42 Å². The molecule has 0 saturated carbocycles. The van der Waals surface area contributed by atoms with Gasteiger partial charge in [0.15, 0.2) is 0 Å². The molecule has 0 unspecified atom stereocenters. The number of benzene rings is 2. The van der Waals surface area contributed by atoms with Crippen molar-refractivity contribution in [2.45, 2.75) is 51.5 Å². The first-order valence-corrected chi connectivity index (χ1v) is 11.9. The minimum Gasteiger partial charge on any atom is -0.407 e. The molecule has 2 aromatic carbocycles. The van der Waals surface area contributed by atoms with Crippen LogP contribution in [-0.4, -0.2) is 21.2 Å². The van der Waals surface area contributed by atoms with Crippen molar-refractivity contribution in [2.75, 3.05) is 6.61 Å².